The molecular weight excluding hydrogens is 383 g/mol. The number of rotatable bonds is 3. The second-order valence-electron chi connectivity index (χ2n) is 6.01. The molecule has 6 nitrogen and oxygen atoms in total. The summed E-state index contributed by atoms with van der Waals surface area (Å²) in [4.78, 5) is 5.72. The Morgan fingerprint density at radius 3 is 2.52 bits per heavy atom. The van der Waals surface area contributed by atoms with Crippen molar-refractivity contribution in [1.29, 1.82) is 0 Å². The molecule has 1 aromatic carbocycles. The molecule has 0 saturated heterocycles. The highest BCUT2D eigenvalue weighted by molar-refractivity contribution is 7.91. The first-order valence-electron chi connectivity index (χ1n) is 7.64. The average molecular weight is 395 g/mol. The molecule has 27 heavy (non-hydrogen) atoms. The summed E-state index contributed by atoms with van der Waals surface area (Å²) in [6.45, 7) is 14.2. The van der Waals surface area contributed by atoms with E-state index in [1.165, 1.54) is 22.8 Å². The summed E-state index contributed by atoms with van der Waals surface area (Å²) in [6.07, 6.45) is -2.37. The van der Waals surface area contributed by atoms with Gasteiger partial charge < -0.3 is 9.67 Å². The lowest BCUT2D eigenvalue weighted by molar-refractivity contribution is -0.123. The van der Waals surface area contributed by atoms with E-state index < -0.39 is 44.8 Å². The van der Waals surface area contributed by atoms with Crippen LogP contribution in [0.25, 0.3) is 15.4 Å². The normalized spacial score (nSPS) is 18.4. The first-order valence-corrected chi connectivity index (χ1v) is 9.29. The first kappa shape index (κ1) is 19.0. The fourth-order valence-electron chi connectivity index (χ4n) is 3.10. The van der Waals surface area contributed by atoms with Gasteiger partial charge in [-0.2, -0.15) is 0 Å². The minimum absolute atomic E-state index is 0.00142. The molecule has 1 aromatic heterocycles. The lowest BCUT2D eigenvalue weighted by Crippen LogP contribution is -2.33. The largest absolute Gasteiger partial charge is 0.382 e. The number of nitrogens with zero attached hydrogens (tertiary/aromatic N) is 3. The lowest BCUT2D eigenvalue weighted by atomic mass is 9.91. The lowest BCUT2D eigenvalue weighted by Gasteiger charge is -2.29. The van der Waals surface area contributed by atoms with Crippen LogP contribution in [0.4, 0.5) is 24.5 Å². The summed E-state index contributed by atoms with van der Waals surface area (Å²) in [5.74, 6) is -3.55. The van der Waals surface area contributed by atoms with Gasteiger partial charge in [0.25, 0.3) is 5.92 Å². The first-order chi connectivity index (χ1) is 12.7. The molecule has 0 spiro atoms. The number of fused-ring (bicyclic) bond motifs is 1. The van der Waals surface area contributed by atoms with Gasteiger partial charge >= 0.3 is 0 Å². The topological polar surface area (TPSA) is 68.0 Å². The van der Waals surface area contributed by atoms with Gasteiger partial charge in [0, 0.05) is 29.6 Å². The average Bonchev–Trinajstić information content (AvgIpc) is 3.05. The van der Waals surface area contributed by atoms with Gasteiger partial charge in [0.15, 0.2) is 17.4 Å². The molecule has 3 rings (SSSR count). The maximum absolute atomic E-state index is 14.0. The summed E-state index contributed by atoms with van der Waals surface area (Å²) in [5, 5.41) is 10.0. The predicted octanol–water partition coefficient (Wildman–Crippen LogP) is 3.89. The third-order valence-electron chi connectivity index (χ3n) is 4.44. The molecular formula is C17H12F3N3O3S. The molecule has 140 valence electrons. The Balaban J connectivity index is 2.30. The highest BCUT2D eigenvalue weighted by Crippen LogP contribution is 2.46. The number of sulfone groups is 1. The van der Waals surface area contributed by atoms with Gasteiger partial charge in [0.2, 0.25) is 9.84 Å². The molecule has 0 saturated carbocycles. The predicted molar refractivity (Wildman–Crippen MR) is 89.7 cm³/mol. The van der Waals surface area contributed by atoms with Crippen molar-refractivity contribution in [1.82, 2.24) is 4.57 Å². The molecule has 1 aliphatic carbocycles. The minimum Gasteiger partial charge on any atom is -0.382 e. The molecule has 0 radical (unpaired) electrons. The van der Waals surface area contributed by atoms with E-state index in [0.29, 0.717) is 0 Å². The molecule has 1 N–H and O–H groups in total. The zero-order chi connectivity index (χ0) is 20.0. The van der Waals surface area contributed by atoms with Crippen LogP contribution in [0, 0.1) is 13.1 Å². The van der Waals surface area contributed by atoms with Gasteiger partial charge in [-0.15, -0.1) is 0 Å². The van der Waals surface area contributed by atoms with Crippen molar-refractivity contribution >= 4 is 21.2 Å². The minimum atomic E-state index is -4.53. The second kappa shape index (κ2) is 6.41. The standard InChI is InChI=1S/C17H12F3N3O3S/c1-21-11-4-3-10(7-12(11)22-2)23-8-14(27(25,26)9-18)15-13(23)5-6-17(19,20)16(15)24/h3-4,7-8,16,24H,5-6,9H2/t16-/m0/s1. The van der Waals surface area contributed by atoms with E-state index in [1.54, 1.807) is 0 Å². The summed E-state index contributed by atoms with van der Waals surface area (Å²) in [6, 6.07) is 2.28. The highest BCUT2D eigenvalue weighted by Gasteiger charge is 2.47. The van der Waals surface area contributed by atoms with Crippen LogP contribution >= 0.6 is 0 Å². The third-order valence-corrected chi connectivity index (χ3v) is 5.72. The van der Waals surface area contributed by atoms with E-state index in [2.05, 4.69) is 9.69 Å². The van der Waals surface area contributed by atoms with Crippen molar-refractivity contribution in [3.05, 3.63) is 58.5 Å². The molecule has 0 aliphatic heterocycles. The molecule has 0 unspecified atom stereocenters. The molecule has 0 bridgehead atoms. The van der Waals surface area contributed by atoms with Crippen molar-refractivity contribution in [3.8, 4) is 5.69 Å². The number of aromatic nitrogens is 1. The number of benzene rings is 1. The van der Waals surface area contributed by atoms with Crippen molar-refractivity contribution in [3.63, 3.8) is 0 Å². The van der Waals surface area contributed by atoms with E-state index in [9.17, 15) is 26.7 Å². The maximum Gasteiger partial charge on any atom is 0.278 e. The number of hydrogen-bond acceptors (Lipinski definition) is 3. The van der Waals surface area contributed by atoms with E-state index in [-0.39, 0.29) is 29.2 Å². The second-order valence-corrected chi connectivity index (χ2v) is 7.90. The van der Waals surface area contributed by atoms with Crippen LogP contribution in [-0.4, -0.2) is 30.0 Å². The zero-order valence-corrected chi connectivity index (χ0v) is 14.5. The SMILES string of the molecule is [C-]#[N+]c1ccc(-n2cc(S(=O)(=O)CF)c3c2CCC(F)(F)[C@H]3O)cc1[N+]#[C-]. The Hall–Kier alpha value is -2.82. The number of hydrogen-bond donors (Lipinski definition) is 1. The van der Waals surface area contributed by atoms with Gasteiger partial charge in [-0.05, 0) is 12.5 Å². The molecule has 2 aromatic rings. The summed E-state index contributed by atoms with van der Waals surface area (Å²) in [7, 11) is -4.53. The van der Waals surface area contributed by atoms with E-state index in [4.69, 9.17) is 13.1 Å². The number of aliphatic hydroxyl groups excluding tert-OH is 1. The Bertz CT molecular complexity index is 1110. The fourth-order valence-corrected chi connectivity index (χ4v) is 4.05. The van der Waals surface area contributed by atoms with Crippen molar-refractivity contribution in [2.75, 3.05) is 6.01 Å². The van der Waals surface area contributed by atoms with Crippen LogP contribution in [-0.2, 0) is 16.3 Å². The molecule has 1 heterocycles. The summed E-state index contributed by atoms with van der Waals surface area (Å²) >= 11 is 0. The van der Waals surface area contributed by atoms with Gasteiger partial charge in [0.1, 0.15) is 6.10 Å². The smallest absolute Gasteiger partial charge is 0.278 e. The highest BCUT2D eigenvalue weighted by atomic mass is 32.2. The van der Waals surface area contributed by atoms with Crippen LogP contribution in [0.2, 0.25) is 0 Å². The molecule has 1 atom stereocenters. The molecule has 1 aliphatic rings. The molecule has 0 amide bonds. The number of aliphatic hydroxyl groups is 1. The number of alkyl halides is 3. The maximum atomic E-state index is 14.0. The summed E-state index contributed by atoms with van der Waals surface area (Å²) in [5.41, 5.74) is -0.0867. The van der Waals surface area contributed by atoms with Crippen LogP contribution in [0.15, 0.2) is 29.3 Å². The number of halogens is 3. The van der Waals surface area contributed by atoms with Crippen LogP contribution < -0.4 is 0 Å². The monoisotopic (exact) mass is 395 g/mol. The van der Waals surface area contributed by atoms with Crippen molar-refractivity contribution in [2.45, 2.75) is 29.8 Å². The van der Waals surface area contributed by atoms with Crippen LogP contribution in [0.5, 0.6) is 0 Å². The van der Waals surface area contributed by atoms with E-state index >= 15 is 0 Å². The van der Waals surface area contributed by atoms with Gasteiger partial charge in [-0.1, -0.05) is 12.1 Å². The van der Waals surface area contributed by atoms with Gasteiger partial charge in [-0.25, -0.2) is 21.6 Å². The Labute approximate surface area is 153 Å². The Kier molecular flexibility index (Phi) is 4.50. The van der Waals surface area contributed by atoms with Crippen LogP contribution in [0.1, 0.15) is 23.8 Å². The molecule has 0 fully saturated rings. The van der Waals surface area contributed by atoms with Crippen molar-refractivity contribution in [2.24, 2.45) is 0 Å². The van der Waals surface area contributed by atoms with Gasteiger partial charge in [-0.3, -0.25) is 9.69 Å². The van der Waals surface area contributed by atoms with E-state index in [1.807, 2.05) is 0 Å². The fraction of sp³-hybridized carbons (Fsp3) is 0.294. The zero-order valence-electron chi connectivity index (χ0n) is 13.7. The summed E-state index contributed by atoms with van der Waals surface area (Å²) < 4.78 is 66.3. The van der Waals surface area contributed by atoms with E-state index in [0.717, 1.165) is 6.20 Å². The van der Waals surface area contributed by atoms with Gasteiger partial charge in [0.05, 0.1) is 18.0 Å². The third kappa shape index (κ3) is 2.97. The quantitative estimate of drug-likeness (QED) is 0.802. The van der Waals surface area contributed by atoms with Crippen LogP contribution in [0.3, 0.4) is 0 Å². The Morgan fingerprint density at radius 1 is 1.26 bits per heavy atom. The molecule has 10 heteroatoms. The Morgan fingerprint density at radius 2 is 1.93 bits per heavy atom. The van der Waals surface area contributed by atoms with Crippen molar-refractivity contribution < 1.29 is 26.7 Å².